The first-order valence-corrected chi connectivity index (χ1v) is 10.2. The number of hydrogen-bond donors (Lipinski definition) is 0. The third-order valence-corrected chi connectivity index (χ3v) is 6.51. The second-order valence-corrected chi connectivity index (χ2v) is 8.02. The van der Waals surface area contributed by atoms with Gasteiger partial charge in [0.25, 0.3) is 11.6 Å². The zero-order chi connectivity index (χ0) is 19.7. The summed E-state index contributed by atoms with van der Waals surface area (Å²) in [6.45, 7) is 0. The van der Waals surface area contributed by atoms with Gasteiger partial charge >= 0.3 is 0 Å². The van der Waals surface area contributed by atoms with Crippen molar-refractivity contribution in [3.63, 3.8) is 0 Å². The fourth-order valence-corrected chi connectivity index (χ4v) is 5.04. The first-order valence-electron chi connectivity index (χ1n) is 10.2. The third kappa shape index (κ3) is 3.02. The average molecular weight is 385 g/mol. The smallest absolute Gasteiger partial charge is 0.296 e. The number of hydrogen-bond acceptors (Lipinski definition) is 5. The topological polar surface area (TPSA) is 75.9 Å². The van der Waals surface area contributed by atoms with Gasteiger partial charge in [0.15, 0.2) is 0 Å². The summed E-state index contributed by atoms with van der Waals surface area (Å²) in [5, 5.41) is 11.7. The first-order chi connectivity index (χ1) is 13.6. The summed E-state index contributed by atoms with van der Waals surface area (Å²) in [7, 11) is 1.49. The van der Waals surface area contributed by atoms with Gasteiger partial charge in [-0.15, -0.1) is 0 Å². The van der Waals surface area contributed by atoms with Gasteiger partial charge in [-0.3, -0.25) is 14.9 Å². The molecule has 1 aromatic rings. The number of nitro benzene ring substituents is 1. The van der Waals surface area contributed by atoms with E-state index in [1.807, 2.05) is 22.2 Å². The van der Waals surface area contributed by atoms with Gasteiger partial charge in [0.05, 0.1) is 18.1 Å². The van der Waals surface area contributed by atoms with Gasteiger partial charge in [0, 0.05) is 18.4 Å². The summed E-state index contributed by atoms with van der Waals surface area (Å²) in [5.41, 5.74) is -0.291. The van der Waals surface area contributed by atoms with Crippen LogP contribution < -0.4 is 9.64 Å². The summed E-state index contributed by atoms with van der Waals surface area (Å²) in [4.78, 5) is 28.8. The van der Waals surface area contributed by atoms with Crippen molar-refractivity contribution in [3.8, 4) is 5.75 Å². The molecule has 1 aromatic carbocycles. The van der Waals surface area contributed by atoms with Gasteiger partial charge in [0.1, 0.15) is 17.0 Å². The van der Waals surface area contributed by atoms with Crippen LogP contribution in [0.4, 0.5) is 11.4 Å². The highest BCUT2D eigenvalue weighted by Crippen LogP contribution is 2.46. The van der Waals surface area contributed by atoms with Crippen LogP contribution in [0.5, 0.6) is 5.75 Å². The molecule has 2 saturated carbocycles. The number of methoxy groups -OCH3 is 1. The summed E-state index contributed by atoms with van der Waals surface area (Å²) in [5.74, 6) is 0.539. The van der Waals surface area contributed by atoms with Gasteiger partial charge in [-0.2, -0.15) is 0 Å². The van der Waals surface area contributed by atoms with E-state index in [0.717, 1.165) is 51.4 Å². The molecule has 0 radical (unpaired) electrons. The zero-order valence-electron chi connectivity index (χ0n) is 16.3. The normalized spacial score (nSPS) is 22.1. The van der Waals surface area contributed by atoms with Crippen molar-refractivity contribution < 1.29 is 14.5 Å². The van der Waals surface area contributed by atoms with E-state index in [1.54, 1.807) is 12.1 Å². The predicted octanol–water partition coefficient (Wildman–Crippen LogP) is 4.37. The van der Waals surface area contributed by atoms with Crippen LogP contribution in [0.25, 0.3) is 0 Å². The van der Waals surface area contributed by atoms with Gasteiger partial charge in [-0.1, -0.05) is 32.1 Å². The van der Waals surface area contributed by atoms with Crippen LogP contribution in [0.2, 0.25) is 0 Å². The van der Waals surface area contributed by atoms with E-state index in [4.69, 9.17) is 4.74 Å². The molecular weight excluding hydrogens is 358 g/mol. The highest BCUT2D eigenvalue weighted by molar-refractivity contribution is 5.94. The largest absolute Gasteiger partial charge is 0.496 e. The van der Waals surface area contributed by atoms with E-state index in [2.05, 4.69) is 0 Å². The van der Waals surface area contributed by atoms with Crippen molar-refractivity contribution in [2.45, 2.75) is 69.4 Å². The molecule has 0 saturated heterocycles. The van der Waals surface area contributed by atoms with Crippen LogP contribution in [0.1, 0.15) is 57.8 Å². The highest BCUT2D eigenvalue weighted by atomic mass is 16.6. The molecule has 1 spiro atoms. The molecule has 7 nitrogen and oxygen atoms in total. The molecule has 2 aliphatic carbocycles. The molecule has 3 aliphatic rings. The van der Waals surface area contributed by atoms with Gasteiger partial charge in [-0.05, 0) is 37.8 Å². The minimum atomic E-state index is -0.717. The van der Waals surface area contributed by atoms with Crippen molar-refractivity contribution in [2.75, 3.05) is 12.0 Å². The summed E-state index contributed by atoms with van der Waals surface area (Å²) < 4.78 is 5.17. The summed E-state index contributed by atoms with van der Waals surface area (Å²) in [6.07, 6.45) is 12.7. The number of rotatable bonds is 4. The average Bonchev–Trinajstić information content (AvgIpc) is 3.21. The fourth-order valence-electron chi connectivity index (χ4n) is 5.04. The van der Waals surface area contributed by atoms with E-state index >= 15 is 0 Å². The lowest BCUT2D eigenvalue weighted by atomic mass is 9.87. The maximum absolute atomic E-state index is 13.7. The van der Waals surface area contributed by atoms with E-state index in [1.165, 1.54) is 19.6 Å². The number of nitro groups is 1. The van der Waals surface area contributed by atoms with Crippen LogP contribution in [-0.2, 0) is 4.79 Å². The molecule has 4 rings (SSSR count). The maximum Gasteiger partial charge on any atom is 0.296 e. The Kier molecular flexibility index (Phi) is 5.00. The molecule has 28 heavy (non-hydrogen) atoms. The standard InChI is InChI=1S/C21H27N3O4/c1-28-17-9-10-18(19(15-17)24(26)27)23-14-13-22(16-7-3-2-4-8-16)20(25)21(23)11-5-6-12-21/h9-10,13-16H,2-8,11-12H2,1H3. The highest BCUT2D eigenvalue weighted by Gasteiger charge is 2.51. The Morgan fingerprint density at radius 1 is 1.11 bits per heavy atom. The lowest BCUT2D eigenvalue weighted by Gasteiger charge is -2.47. The number of carbonyl (C=O) groups is 1. The van der Waals surface area contributed by atoms with Crippen LogP contribution in [-0.4, -0.2) is 34.4 Å². The van der Waals surface area contributed by atoms with Crippen molar-refractivity contribution in [1.82, 2.24) is 4.90 Å². The molecule has 1 amide bonds. The molecule has 150 valence electrons. The number of amides is 1. The number of carbonyl (C=O) groups excluding carboxylic acids is 1. The van der Waals surface area contributed by atoms with E-state index in [-0.39, 0.29) is 17.6 Å². The van der Waals surface area contributed by atoms with Crippen LogP contribution in [0.15, 0.2) is 30.6 Å². The number of benzene rings is 1. The predicted molar refractivity (Wildman–Crippen MR) is 106 cm³/mol. The zero-order valence-corrected chi connectivity index (χ0v) is 16.3. The van der Waals surface area contributed by atoms with Crippen molar-refractivity contribution >= 4 is 17.3 Å². The van der Waals surface area contributed by atoms with Gasteiger partial charge < -0.3 is 14.5 Å². The third-order valence-electron chi connectivity index (χ3n) is 6.51. The number of anilines is 1. The van der Waals surface area contributed by atoms with Crippen LogP contribution in [0.3, 0.4) is 0 Å². The van der Waals surface area contributed by atoms with Crippen molar-refractivity contribution in [1.29, 1.82) is 0 Å². The maximum atomic E-state index is 13.7. The minimum Gasteiger partial charge on any atom is -0.496 e. The Balaban J connectivity index is 1.76. The number of nitrogens with zero attached hydrogens (tertiary/aromatic N) is 3. The Morgan fingerprint density at radius 3 is 2.46 bits per heavy atom. The summed E-state index contributed by atoms with van der Waals surface area (Å²) in [6, 6.07) is 5.11. The van der Waals surface area contributed by atoms with Crippen LogP contribution in [0, 0.1) is 10.1 Å². The Bertz CT molecular complexity index is 795. The van der Waals surface area contributed by atoms with E-state index in [0.29, 0.717) is 11.4 Å². The summed E-state index contributed by atoms with van der Waals surface area (Å²) >= 11 is 0. The molecule has 0 aromatic heterocycles. The van der Waals surface area contributed by atoms with Gasteiger partial charge in [-0.25, -0.2) is 0 Å². The Labute approximate surface area is 165 Å². The minimum absolute atomic E-state index is 0.0332. The SMILES string of the molecule is COc1ccc(N2C=CN(C3CCCCC3)C(=O)C23CCCC3)c([N+](=O)[O-])c1. The molecule has 1 heterocycles. The molecule has 2 fully saturated rings. The second kappa shape index (κ2) is 7.45. The molecular formula is C21H27N3O4. The van der Waals surface area contributed by atoms with Gasteiger partial charge in [0.2, 0.25) is 0 Å². The quantitative estimate of drug-likeness (QED) is 0.568. The second-order valence-electron chi connectivity index (χ2n) is 8.02. The van der Waals surface area contributed by atoms with Crippen LogP contribution >= 0.6 is 0 Å². The molecule has 0 bridgehead atoms. The first kappa shape index (κ1) is 18.8. The van der Waals surface area contributed by atoms with Crippen molar-refractivity contribution in [2.24, 2.45) is 0 Å². The lowest BCUT2D eigenvalue weighted by molar-refractivity contribution is -0.384. The molecule has 0 N–H and O–H groups in total. The Morgan fingerprint density at radius 2 is 1.82 bits per heavy atom. The molecule has 7 heteroatoms. The molecule has 1 aliphatic heterocycles. The van der Waals surface area contributed by atoms with Crippen molar-refractivity contribution in [3.05, 3.63) is 40.7 Å². The fraction of sp³-hybridized carbons (Fsp3) is 0.571. The monoisotopic (exact) mass is 385 g/mol. The lowest BCUT2D eigenvalue weighted by Crippen LogP contribution is -2.60. The molecule has 0 atom stereocenters. The van der Waals surface area contributed by atoms with E-state index in [9.17, 15) is 14.9 Å². The Hall–Kier alpha value is -2.57. The van der Waals surface area contributed by atoms with E-state index < -0.39 is 10.5 Å². The molecule has 0 unspecified atom stereocenters. The number of ether oxygens (including phenoxy) is 1.